The van der Waals surface area contributed by atoms with Gasteiger partial charge in [-0.15, -0.1) is 0 Å². The van der Waals surface area contributed by atoms with Crippen molar-refractivity contribution in [1.82, 2.24) is 0 Å². The van der Waals surface area contributed by atoms with Crippen molar-refractivity contribution in [3.05, 3.63) is 27.8 Å². The zero-order chi connectivity index (χ0) is 14.7. The van der Waals surface area contributed by atoms with Gasteiger partial charge in [0, 0.05) is 24.9 Å². The summed E-state index contributed by atoms with van der Waals surface area (Å²) >= 11 is 0. The van der Waals surface area contributed by atoms with Crippen molar-refractivity contribution < 1.29 is 14.8 Å². The summed E-state index contributed by atoms with van der Waals surface area (Å²) in [7, 11) is 0. The van der Waals surface area contributed by atoms with E-state index in [1.165, 1.54) is 6.07 Å². The number of hydrogen-bond donors (Lipinski definition) is 3. The lowest BCUT2D eigenvalue weighted by Crippen LogP contribution is -2.13. The quantitative estimate of drug-likeness (QED) is 0.541. The van der Waals surface area contributed by atoms with Crippen LogP contribution in [0.3, 0.4) is 0 Å². The van der Waals surface area contributed by atoms with Crippen LogP contribution in [0, 0.1) is 16.0 Å². The lowest BCUT2D eigenvalue weighted by molar-refractivity contribution is -0.384. The molecular formula is C13H17N3O4. The molecule has 1 amide bonds. The number of hydrogen-bond acceptors (Lipinski definition) is 5. The van der Waals surface area contributed by atoms with Gasteiger partial charge in [-0.1, -0.05) is 6.92 Å². The molecule has 0 saturated heterocycles. The topological polar surface area (TPSA) is 104 Å². The molecule has 1 aromatic rings. The maximum Gasteiger partial charge on any atom is 0.292 e. The van der Waals surface area contributed by atoms with Crippen LogP contribution in [0.2, 0.25) is 0 Å². The maximum absolute atomic E-state index is 11.3. The fraction of sp³-hybridized carbons (Fsp3) is 0.462. The van der Waals surface area contributed by atoms with Gasteiger partial charge in [-0.3, -0.25) is 14.9 Å². The summed E-state index contributed by atoms with van der Waals surface area (Å²) in [6.45, 7) is 2.56. The molecule has 3 N–H and O–H groups in total. The molecule has 1 unspecified atom stereocenters. The Labute approximate surface area is 116 Å². The van der Waals surface area contributed by atoms with Gasteiger partial charge in [0.1, 0.15) is 5.69 Å². The molecule has 7 heteroatoms. The fourth-order valence-corrected chi connectivity index (χ4v) is 2.16. The van der Waals surface area contributed by atoms with Crippen LogP contribution in [-0.2, 0) is 11.2 Å². The normalized spacial score (nSPS) is 14.6. The number of aliphatic hydroxyl groups excluding tert-OH is 1. The summed E-state index contributed by atoms with van der Waals surface area (Å²) in [4.78, 5) is 22.0. The highest BCUT2D eigenvalue weighted by atomic mass is 16.6. The van der Waals surface area contributed by atoms with Gasteiger partial charge in [0.2, 0.25) is 5.91 Å². The molecule has 0 spiro atoms. The van der Waals surface area contributed by atoms with E-state index in [4.69, 9.17) is 5.11 Å². The number of amides is 1. The van der Waals surface area contributed by atoms with Gasteiger partial charge in [0.05, 0.1) is 11.3 Å². The van der Waals surface area contributed by atoms with Crippen LogP contribution in [0.15, 0.2) is 12.1 Å². The van der Waals surface area contributed by atoms with Crippen molar-refractivity contribution in [2.45, 2.75) is 19.8 Å². The third-order valence-electron chi connectivity index (χ3n) is 3.31. The number of rotatable bonds is 6. The van der Waals surface area contributed by atoms with Gasteiger partial charge < -0.3 is 15.7 Å². The van der Waals surface area contributed by atoms with Crippen molar-refractivity contribution in [2.24, 2.45) is 5.92 Å². The Hall–Kier alpha value is -2.15. The number of anilines is 2. The van der Waals surface area contributed by atoms with E-state index >= 15 is 0 Å². The molecule has 1 aliphatic rings. The van der Waals surface area contributed by atoms with E-state index in [0.29, 0.717) is 29.9 Å². The maximum atomic E-state index is 11.3. The minimum Gasteiger partial charge on any atom is -0.396 e. The molecular weight excluding hydrogens is 262 g/mol. The molecule has 7 nitrogen and oxygen atoms in total. The molecule has 1 aliphatic heterocycles. The molecule has 0 saturated carbocycles. The predicted molar refractivity (Wildman–Crippen MR) is 74.8 cm³/mol. The SMILES string of the molecule is CC(CCO)CNc1cc2c(cc1[N+](=O)[O-])CC(=O)N2. The Kier molecular flexibility index (Phi) is 4.19. The second-order valence-corrected chi connectivity index (χ2v) is 5.01. The Morgan fingerprint density at radius 1 is 1.55 bits per heavy atom. The van der Waals surface area contributed by atoms with E-state index in [9.17, 15) is 14.9 Å². The highest BCUT2D eigenvalue weighted by molar-refractivity contribution is 6.00. The Balaban J connectivity index is 2.21. The van der Waals surface area contributed by atoms with Crippen molar-refractivity contribution in [2.75, 3.05) is 23.8 Å². The number of carbonyl (C=O) groups is 1. The van der Waals surface area contributed by atoms with Crippen molar-refractivity contribution >= 4 is 23.0 Å². The van der Waals surface area contributed by atoms with Crippen molar-refractivity contribution in [3.63, 3.8) is 0 Å². The lowest BCUT2D eigenvalue weighted by Gasteiger charge is -2.13. The molecule has 0 bridgehead atoms. The number of fused-ring (bicyclic) bond motifs is 1. The number of nitrogens with zero attached hydrogens (tertiary/aromatic N) is 1. The molecule has 0 aromatic heterocycles. The van der Waals surface area contributed by atoms with E-state index in [2.05, 4.69) is 10.6 Å². The Morgan fingerprint density at radius 3 is 2.95 bits per heavy atom. The highest BCUT2D eigenvalue weighted by Crippen LogP contribution is 2.34. The minimum atomic E-state index is -0.456. The molecule has 0 fully saturated rings. The van der Waals surface area contributed by atoms with E-state index < -0.39 is 4.92 Å². The van der Waals surface area contributed by atoms with Crippen LogP contribution >= 0.6 is 0 Å². The van der Waals surface area contributed by atoms with Gasteiger partial charge in [0.25, 0.3) is 5.69 Å². The average molecular weight is 279 g/mol. The first-order valence-electron chi connectivity index (χ1n) is 6.47. The monoisotopic (exact) mass is 279 g/mol. The number of nitro benzene ring substituents is 1. The zero-order valence-electron chi connectivity index (χ0n) is 11.2. The lowest BCUT2D eigenvalue weighted by atomic mass is 10.1. The Morgan fingerprint density at radius 2 is 2.30 bits per heavy atom. The van der Waals surface area contributed by atoms with Gasteiger partial charge in [-0.25, -0.2) is 0 Å². The summed E-state index contributed by atoms with van der Waals surface area (Å²) in [5.41, 5.74) is 1.63. The molecule has 1 heterocycles. The van der Waals surface area contributed by atoms with Crippen LogP contribution in [0.4, 0.5) is 17.1 Å². The number of nitrogens with one attached hydrogen (secondary N) is 2. The van der Waals surface area contributed by atoms with Crippen molar-refractivity contribution in [1.29, 1.82) is 0 Å². The van der Waals surface area contributed by atoms with Crippen LogP contribution in [0.25, 0.3) is 0 Å². The van der Waals surface area contributed by atoms with E-state index in [1.807, 2.05) is 6.92 Å². The molecule has 2 rings (SSSR count). The number of benzene rings is 1. The van der Waals surface area contributed by atoms with Crippen LogP contribution < -0.4 is 10.6 Å². The van der Waals surface area contributed by atoms with Gasteiger partial charge in [-0.05, 0) is 24.0 Å². The second kappa shape index (κ2) is 5.87. The highest BCUT2D eigenvalue weighted by Gasteiger charge is 2.24. The first-order valence-corrected chi connectivity index (χ1v) is 6.47. The van der Waals surface area contributed by atoms with E-state index in [-0.39, 0.29) is 30.5 Å². The second-order valence-electron chi connectivity index (χ2n) is 5.01. The molecule has 0 radical (unpaired) electrons. The van der Waals surface area contributed by atoms with E-state index in [1.54, 1.807) is 6.07 Å². The standard InChI is InChI=1S/C13H17N3O4/c1-8(2-3-17)7-14-11-6-10-9(5-13(18)15-10)4-12(11)16(19)20/h4,6,8,14,17H,2-3,5,7H2,1H3,(H,15,18). The van der Waals surface area contributed by atoms with Crippen LogP contribution in [0.5, 0.6) is 0 Å². The number of aliphatic hydroxyl groups is 1. The third-order valence-corrected chi connectivity index (χ3v) is 3.31. The first kappa shape index (κ1) is 14.3. The summed E-state index contributed by atoms with van der Waals surface area (Å²) < 4.78 is 0. The third kappa shape index (κ3) is 3.05. The molecule has 0 aliphatic carbocycles. The summed E-state index contributed by atoms with van der Waals surface area (Å²) in [6, 6.07) is 3.04. The summed E-state index contributed by atoms with van der Waals surface area (Å²) in [5, 5.41) is 25.6. The largest absolute Gasteiger partial charge is 0.396 e. The predicted octanol–water partition coefficient (Wildman–Crippen LogP) is 1.52. The van der Waals surface area contributed by atoms with E-state index in [0.717, 1.165) is 0 Å². The molecule has 20 heavy (non-hydrogen) atoms. The summed E-state index contributed by atoms with van der Waals surface area (Å²) in [5.74, 6) is 0.0440. The first-order chi connectivity index (χ1) is 9.51. The Bertz CT molecular complexity index is 545. The number of nitro groups is 1. The summed E-state index contributed by atoms with van der Waals surface area (Å²) in [6.07, 6.45) is 0.805. The van der Waals surface area contributed by atoms with Gasteiger partial charge in [0.15, 0.2) is 0 Å². The molecule has 1 atom stereocenters. The molecule has 1 aromatic carbocycles. The average Bonchev–Trinajstić information content (AvgIpc) is 2.74. The zero-order valence-corrected chi connectivity index (χ0v) is 11.2. The van der Waals surface area contributed by atoms with Gasteiger partial charge >= 0.3 is 0 Å². The minimum absolute atomic E-state index is 0.0311. The van der Waals surface area contributed by atoms with Crippen molar-refractivity contribution in [3.8, 4) is 0 Å². The number of carbonyl (C=O) groups excluding carboxylic acids is 1. The fourth-order valence-electron chi connectivity index (χ4n) is 2.16. The van der Waals surface area contributed by atoms with Crippen LogP contribution in [0.1, 0.15) is 18.9 Å². The van der Waals surface area contributed by atoms with Crippen LogP contribution in [-0.4, -0.2) is 29.1 Å². The smallest absolute Gasteiger partial charge is 0.292 e. The molecule has 108 valence electrons. The van der Waals surface area contributed by atoms with Gasteiger partial charge in [-0.2, -0.15) is 0 Å².